The molecular weight excluding hydrogens is 445 g/mol. The van der Waals surface area contributed by atoms with Crippen LogP contribution in [0.2, 0.25) is 0 Å². The number of imidazole rings is 1. The maximum Gasteiger partial charge on any atom is 0.319 e. The van der Waals surface area contributed by atoms with Crippen LogP contribution in [-0.4, -0.2) is 66.3 Å². The van der Waals surface area contributed by atoms with Crippen molar-refractivity contribution in [2.45, 2.75) is 26.4 Å². The number of aromatic nitrogens is 2. The molecule has 10 heteroatoms. The molecule has 0 radical (unpaired) electrons. The highest BCUT2D eigenvalue weighted by atomic mass is 127. The van der Waals surface area contributed by atoms with Gasteiger partial charge in [-0.25, -0.2) is 9.98 Å². The number of guanidine groups is 1. The Kier molecular flexibility index (Phi) is 10.9. The Balaban J connectivity index is 0.00000312. The minimum atomic E-state index is -2.60. The van der Waals surface area contributed by atoms with Gasteiger partial charge in [-0.15, -0.1) is 24.0 Å². The monoisotopic (exact) mass is 472 g/mol. The topological polar surface area (TPSA) is 66.7 Å². The van der Waals surface area contributed by atoms with Crippen molar-refractivity contribution in [2.75, 3.05) is 45.9 Å². The summed E-state index contributed by atoms with van der Waals surface area (Å²) in [4.78, 5) is 10.6. The molecule has 0 bridgehead atoms. The Morgan fingerprint density at radius 3 is 2.80 bits per heavy atom. The zero-order chi connectivity index (χ0) is 17.2. The number of hydrogen-bond acceptors (Lipinski definition) is 4. The van der Waals surface area contributed by atoms with Gasteiger partial charge in [-0.05, 0) is 19.9 Å². The summed E-state index contributed by atoms with van der Waals surface area (Å²) >= 11 is 0. The van der Waals surface area contributed by atoms with Gasteiger partial charge in [-0.3, -0.25) is 9.47 Å². The molecule has 1 aromatic rings. The van der Waals surface area contributed by atoms with Gasteiger partial charge in [-0.2, -0.15) is 8.78 Å². The average molecular weight is 472 g/mol. The summed E-state index contributed by atoms with van der Waals surface area (Å²) in [5.41, 5.74) is 0. The van der Waals surface area contributed by atoms with Crippen molar-refractivity contribution in [1.82, 2.24) is 25.1 Å². The third kappa shape index (κ3) is 7.82. The highest BCUT2D eigenvalue weighted by Crippen LogP contribution is 2.12. The number of halogens is 3. The van der Waals surface area contributed by atoms with Crippen LogP contribution in [0.1, 0.15) is 25.7 Å². The van der Waals surface area contributed by atoms with Crippen molar-refractivity contribution in [2.24, 2.45) is 4.99 Å². The van der Waals surface area contributed by atoms with E-state index in [4.69, 9.17) is 4.74 Å². The van der Waals surface area contributed by atoms with E-state index in [9.17, 15) is 8.78 Å². The van der Waals surface area contributed by atoms with Crippen molar-refractivity contribution < 1.29 is 13.5 Å². The minimum Gasteiger partial charge on any atom is -0.379 e. The van der Waals surface area contributed by atoms with E-state index in [1.165, 1.54) is 12.4 Å². The average Bonchev–Trinajstić information content (AvgIpc) is 3.06. The predicted octanol–water partition coefficient (Wildman–Crippen LogP) is 1.67. The number of alkyl halides is 2. The van der Waals surface area contributed by atoms with Crippen LogP contribution < -0.4 is 10.6 Å². The standard InChI is InChI=1S/C15H26F2N6O.HI/c1-2-18-15(20-4-3-6-22-8-10-24-11-9-22)21-12-13-19-5-7-23(13)14(16)17;/h5,7,14H,2-4,6,8-12H2,1H3,(H2,18,20,21);1H. The predicted molar refractivity (Wildman–Crippen MR) is 104 cm³/mol. The number of ether oxygens (including phenoxy) is 1. The fraction of sp³-hybridized carbons (Fsp3) is 0.733. The van der Waals surface area contributed by atoms with Crippen LogP contribution in [0.4, 0.5) is 8.78 Å². The van der Waals surface area contributed by atoms with Gasteiger partial charge in [0.2, 0.25) is 0 Å². The van der Waals surface area contributed by atoms with E-state index in [2.05, 4.69) is 25.5 Å². The van der Waals surface area contributed by atoms with Crippen molar-refractivity contribution >= 4 is 29.9 Å². The van der Waals surface area contributed by atoms with Crippen LogP contribution in [-0.2, 0) is 11.3 Å². The second-order valence-electron chi connectivity index (χ2n) is 5.46. The molecule has 2 heterocycles. The fourth-order valence-corrected chi connectivity index (χ4v) is 2.47. The molecule has 0 unspecified atom stereocenters. The van der Waals surface area contributed by atoms with Gasteiger partial charge in [0.05, 0.1) is 13.2 Å². The molecule has 1 aromatic heterocycles. The third-order valence-electron chi connectivity index (χ3n) is 3.73. The van der Waals surface area contributed by atoms with Crippen molar-refractivity contribution in [3.8, 4) is 0 Å². The Morgan fingerprint density at radius 1 is 1.36 bits per heavy atom. The zero-order valence-corrected chi connectivity index (χ0v) is 16.8. The Morgan fingerprint density at radius 2 is 2.12 bits per heavy atom. The summed E-state index contributed by atoms with van der Waals surface area (Å²) in [5, 5.41) is 6.34. The molecule has 25 heavy (non-hydrogen) atoms. The first-order chi connectivity index (χ1) is 11.7. The van der Waals surface area contributed by atoms with Crippen LogP contribution in [0.25, 0.3) is 0 Å². The first kappa shape index (κ1) is 22.0. The molecule has 144 valence electrons. The van der Waals surface area contributed by atoms with Crippen LogP contribution in [0.3, 0.4) is 0 Å². The van der Waals surface area contributed by atoms with Crippen LogP contribution >= 0.6 is 24.0 Å². The van der Waals surface area contributed by atoms with Crippen LogP contribution in [0.15, 0.2) is 17.4 Å². The Hall–Kier alpha value is -1.01. The number of hydrogen-bond donors (Lipinski definition) is 2. The highest BCUT2D eigenvalue weighted by molar-refractivity contribution is 14.0. The van der Waals surface area contributed by atoms with Gasteiger partial charge in [0.25, 0.3) is 0 Å². The molecule has 1 fully saturated rings. The molecular formula is C15H27F2IN6O. The number of nitrogens with zero attached hydrogens (tertiary/aromatic N) is 4. The summed E-state index contributed by atoms with van der Waals surface area (Å²) in [6.45, 7) is 5.51. The summed E-state index contributed by atoms with van der Waals surface area (Å²) < 4.78 is 31.7. The normalized spacial score (nSPS) is 15.9. The molecule has 0 aliphatic carbocycles. The molecule has 1 aliphatic heterocycles. The summed E-state index contributed by atoms with van der Waals surface area (Å²) in [7, 11) is 0. The van der Waals surface area contributed by atoms with E-state index in [0.29, 0.717) is 12.5 Å². The minimum absolute atomic E-state index is 0. The number of morpholine rings is 1. The molecule has 2 N–H and O–H groups in total. The second-order valence-corrected chi connectivity index (χ2v) is 5.46. The molecule has 2 rings (SSSR count). The molecule has 0 aromatic carbocycles. The maximum absolute atomic E-state index is 12.8. The van der Waals surface area contributed by atoms with E-state index in [0.717, 1.165) is 50.4 Å². The smallest absolute Gasteiger partial charge is 0.319 e. The molecule has 0 amide bonds. The third-order valence-corrected chi connectivity index (χ3v) is 3.73. The van der Waals surface area contributed by atoms with Gasteiger partial charge < -0.3 is 15.4 Å². The first-order valence-corrected chi connectivity index (χ1v) is 8.33. The molecule has 1 saturated heterocycles. The van der Waals surface area contributed by atoms with Crippen molar-refractivity contribution in [3.63, 3.8) is 0 Å². The number of rotatable bonds is 8. The maximum atomic E-state index is 12.8. The molecule has 7 nitrogen and oxygen atoms in total. The fourth-order valence-electron chi connectivity index (χ4n) is 2.47. The van der Waals surface area contributed by atoms with E-state index in [1.807, 2.05) is 6.92 Å². The lowest BCUT2D eigenvalue weighted by atomic mass is 10.3. The lowest BCUT2D eigenvalue weighted by molar-refractivity contribution is 0.0376. The highest BCUT2D eigenvalue weighted by Gasteiger charge is 2.11. The molecule has 1 aliphatic rings. The zero-order valence-electron chi connectivity index (χ0n) is 14.5. The van der Waals surface area contributed by atoms with Crippen LogP contribution in [0, 0.1) is 0 Å². The number of aliphatic imine (C=N–C) groups is 1. The van der Waals surface area contributed by atoms with Gasteiger partial charge in [0, 0.05) is 38.6 Å². The second kappa shape index (κ2) is 12.4. The van der Waals surface area contributed by atoms with E-state index < -0.39 is 6.55 Å². The molecule has 0 spiro atoms. The van der Waals surface area contributed by atoms with Gasteiger partial charge >= 0.3 is 6.55 Å². The van der Waals surface area contributed by atoms with E-state index >= 15 is 0 Å². The lowest BCUT2D eigenvalue weighted by Crippen LogP contribution is -2.40. The SMILES string of the molecule is CCNC(=NCc1nccn1C(F)F)NCCCN1CCOCC1.I. The summed E-state index contributed by atoms with van der Waals surface area (Å²) in [6, 6.07) is 0. The largest absolute Gasteiger partial charge is 0.379 e. The molecule has 0 atom stereocenters. The summed E-state index contributed by atoms with van der Waals surface area (Å²) in [6.07, 6.45) is 3.61. The van der Waals surface area contributed by atoms with Gasteiger partial charge in [0.15, 0.2) is 5.96 Å². The van der Waals surface area contributed by atoms with E-state index in [1.54, 1.807) is 0 Å². The van der Waals surface area contributed by atoms with Crippen molar-refractivity contribution in [3.05, 3.63) is 18.2 Å². The molecule has 0 saturated carbocycles. The quantitative estimate of drug-likeness (QED) is 0.261. The van der Waals surface area contributed by atoms with Crippen molar-refractivity contribution in [1.29, 1.82) is 0 Å². The van der Waals surface area contributed by atoms with E-state index in [-0.39, 0.29) is 36.3 Å². The lowest BCUT2D eigenvalue weighted by Gasteiger charge is -2.26. The Bertz CT molecular complexity index is 508. The summed E-state index contributed by atoms with van der Waals surface area (Å²) in [5.74, 6) is 0.860. The van der Waals surface area contributed by atoms with Gasteiger partial charge in [0.1, 0.15) is 12.4 Å². The van der Waals surface area contributed by atoms with Gasteiger partial charge in [-0.1, -0.05) is 0 Å². The number of nitrogens with one attached hydrogen (secondary N) is 2. The first-order valence-electron chi connectivity index (χ1n) is 8.33. The van der Waals surface area contributed by atoms with Crippen LogP contribution in [0.5, 0.6) is 0 Å². The Labute approximate surface area is 164 Å².